The molecule has 4 aromatic rings. The van der Waals surface area contributed by atoms with E-state index in [1.807, 2.05) is 73.7 Å². The average molecular weight is 396 g/mol. The molecule has 2 N–H and O–H groups in total. The number of nitrogens with one attached hydrogen (secondary N) is 2. The Labute approximate surface area is 176 Å². The van der Waals surface area contributed by atoms with E-state index in [1.54, 1.807) is 0 Å². The Bertz CT molecular complexity index is 1140. The fourth-order valence-electron chi connectivity index (χ4n) is 3.27. The fraction of sp³-hybridized carbons (Fsp3) is 0.160. The molecule has 0 aliphatic rings. The molecule has 1 heterocycles. The van der Waals surface area contributed by atoms with Gasteiger partial charge in [-0.25, -0.2) is 9.97 Å². The highest BCUT2D eigenvalue weighted by Crippen LogP contribution is 2.24. The summed E-state index contributed by atoms with van der Waals surface area (Å²) in [6.45, 7) is 2.62. The number of hydrogen-bond acceptors (Lipinski definition) is 4. The van der Waals surface area contributed by atoms with Gasteiger partial charge in [-0.15, -0.1) is 0 Å². The molecular formula is C25H24N4O. The van der Waals surface area contributed by atoms with Crippen molar-refractivity contribution in [2.24, 2.45) is 0 Å². The summed E-state index contributed by atoms with van der Waals surface area (Å²) < 4.78 is 0. The number of carbonyl (C=O) groups is 1. The van der Waals surface area contributed by atoms with Crippen LogP contribution in [0.3, 0.4) is 0 Å². The van der Waals surface area contributed by atoms with Gasteiger partial charge in [-0.3, -0.25) is 4.79 Å². The average Bonchev–Trinajstić information content (AvgIpc) is 2.78. The van der Waals surface area contributed by atoms with Crippen molar-refractivity contribution >= 4 is 28.3 Å². The molecule has 0 aliphatic carbocycles. The third-order valence-corrected chi connectivity index (χ3v) is 4.89. The molecule has 0 atom stereocenters. The van der Waals surface area contributed by atoms with E-state index in [0.29, 0.717) is 12.4 Å². The zero-order valence-electron chi connectivity index (χ0n) is 16.9. The Balaban J connectivity index is 1.49. The van der Waals surface area contributed by atoms with Crippen molar-refractivity contribution in [1.82, 2.24) is 15.3 Å². The van der Waals surface area contributed by atoms with Gasteiger partial charge in [0.25, 0.3) is 5.91 Å². The van der Waals surface area contributed by atoms with Gasteiger partial charge in [-0.2, -0.15) is 0 Å². The molecule has 0 saturated carbocycles. The van der Waals surface area contributed by atoms with E-state index in [4.69, 9.17) is 0 Å². The standard InChI is InChI=1S/C25H24N4O/c1-18-13-15-20(16-14-18)27-23-21-11-5-6-12-22(21)28-24(29-23)25(30)26-17-7-10-19-8-3-2-4-9-19/h2-6,8-9,11-16H,7,10,17H2,1H3,(H,26,30)(H,27,28,29). The Morgan fingerprint density at radius 3 is 2.40 bits per heavy atom. The zero-order chi connectivity index (χ0) is 20.8. The van der Waals surface area contributed by atoms with Crippen LogP contribution in [0.1, 0.15) is 28.2 Å². The number of benzene rings is 3. The smallest absolute Gasteiger partial charge is 0.289 e. The minimum absolute atomic E-state index is 0.169. The third kappa shape index (κ3) is 4.81. The van der Waals surface area contributed by atoms with E-state index < -0.39 is 0 Å². The number of nitrogens with zero attached hydrogens (tertiary/aromatic N) is 2. The molecule has 0 radical (unpaired) electrons. The molecule has 0 bridgehead atoms. The lowest BCUT2D eigenvalue weighted by Gasteiger charge is -2.11. The second kappa shape index (κ2) is 9.18. The van der Waals surface area contributed by atoms with Crippen LogP contribution in [0, 0.1) is 6.92 Å². The quantitative estimate of drug-likeness (QED) is 0.429. The van der Waals surface area contributed by atoms with E-state index in [-0.39, 0.29) is 11.7 Å². The minimum atomic E-state index is -0.263. The second-order valence-corrected chi connectivity index (χ2v) is 7.25. The molecule has 5 heteroatoms. The number of para-hydroxylation sites is 1. The maximum absolute atomic E-state index is 12.7. The van der Waals surface area contributed by atoms with E-state index in [0.717, 1.165) is 29.4 Å². The number of anilines is 2. The summed E-state index contributed by atoms with van der Waals surface area (Å²) in [6, 6.07) is 26.0. The van der Waals surface area contributed by atoms with Crippen LogP contribution in [0.25, 0.3) is 10.9 Å². The fourth-order valence-corrected chi connectivity index (χ4v) is 3.27. The van der Waals surface area contributed by atoms with Crippen molar-refractivity contribution in [1.29, 1.82) is 0 Å². The summed E-state index contributed by atoms with van der Waals surface area (Å²) in [5, 5.41) is 7.14. The lowest BCUT2D eigenvalue weighted by Crippen LogP contribution is -2.27. The van der Waals surface area contributed by atoms with Crippen LogP contribution >= 0.6 is 0 Å². The van der Waals surface area contributed by atoms with Crippen LogP contribution in [-0.2, 0) is 6.42 Å². The van der Waals surface area contributed by atoms with Gasteiger partial charge < -0.3 is 10.6 Å². The third-order valence-electron chi connectivity index (χ3n) is 4.89. The lowest BCUT2D eigenvalue weighted by atomic mass is 10.1. The Hall–Kier alpha value is -3.73. The zero-order valence-corrected chi connectivity index (χ0v) is 16.9. The van der Waals surface area contributed by atoms with Gasteiger partial charge in [0, 0.05) is 17.6 Å². The predicted molar refractivity (Wildman–Crippen MR) is 121 cm³/mol. The maximum atomic E-state index is 12.7. The number of amides is 1. The molecule has 5 nitrogen and oxygen atoms in total. The van der Waals surface area contributed by atoms with E-state index in [9.17, 15) is 4.79 Å². The molecule has 0 fully saturated rings. The predicted octanol–water partition coefficient (Wildman–Crippen LogP) is 5.04. The minimum Gasteiger partial charge on any atom is -0.349 e. The van der Waals surface area contributed by atoms with Crippen molar-refractivity contribution in [2.45, 2.75) is 19.8 Å². The Morgan fingerprint density at radius 1 is 0.867 bits per heavy atom. The molecule has 1 amide bonds. The summed E-state index contributed by atoms with van der Waals surface area (Å²) >= 11 is 0. The van der Waals surface area contributed by atoms with Crippen LogP contribution in [0.5, 0.6) is 0 Å². The first kappa shape index (κ1) is 19.6. The monoisotopic (exact) mass is 396 g/mol. The number of aryl methyl sites for hydroxylation is 2. The Morgan fingerprint density at radius 2 is 1.60 bits per heavy atom. The Kier molecular flexibility index (Phi) is 5.99. The normalized spacial score (nSPS) is 10.7. The van der Waals surface area contributed by atoms with Crippen molar-refractivity contribution in [3.63, 3.8) is 0 Å². The lowest BCUT2D eigenvalue weighted by molar-refractivity contribution is 0.0943. The molecule has 3 aromatic carbocycles. The first-order valence-corrected chi connectivity index (χ1v) is 10.1. The van der Waals surface area contributed by atoms with Gasteiger partial charge in [0.2, 0.25) is 5.82 Å². The summed E-state index contributed by atoms with van der Waals surface area (Å²) in [5.74, 6) is 0.530. The topological polar surface area (TPSA) is 66.9 Å². The molecule has 0 aliphatic heterocycles. The maximum Gasteiger partial charge on any atom is 0.289 e. The molecule has 150 valence electrons. The second-order valence-electron chi connectivity index (χ2n) is 7.25. The number of fused-ring (bicyclic) bond motifs is 1. The SMILES string of the molecule is Cc1ccc(Nc2nc(C(=O)NCCCc3ccccc3)nc3ccccc23)cc1. The molecule has 0 spiro atoms. The van der Waals surface area contributed by atoms with Crippen molar-refractivity contribution in [3.05, 3.63) is 95.8 Å². The van der Waals surface area contributed by atoms with Crippen LogP contribution in [0.4, 0.5) is 11.5 Å². The van der Waals surface area contributed by atoms with Crippen molar-refractivity contribution in [3.8, 4) is 0 Å². The van der Waals surface area contributed by atoms with Crippen LogP contribution < -0.4 is 10.6 Å². The highest BCUT2D eigenvalue weighted by Gasteiger charge is 2.14. The largest absolute Gasteiger partial charge is 0.349 e. The summed E-state index contributed by atoms with van der Waals surface area (Å²) in [6.07, 6.45) is 1.78. The number of rotatable bonds is 7. The first-order valence-electron chi connectivity index (χ1n) is 10.1. The first-order chi connectivity index (χ1) is 14.7. The molecule has 30 heavy (non-hydrogen) atoms. The highest BCUT2D eigenvalue weighted by atomic mass is 16.2. The number of aromatic nitrogens is 2. The van der Waals surface area contributed by atoms with Gasteiger partial charge in [0.1, 0.15) is 5.82 Å². The van der Waals surface area contributed by atoms with Crippen molar-refractivity contribution < 1.29 is 4.79 Å². The molecule has 0 unspecified atom stereocenters. The van der Waals surface area contributed by atoms with Gasteiger partial charge in [-0.1, -0.05) is 60.2 Å². The molecule has 1 aromatic heterocycles. The van der Waals surface area contributed by atoms with Crippen molar-refractivity contribution in [2.75, 3.05) is 11.9 Å². The van der Waals surface area contributed by atoms with Gasteiger partial charge in [0.15, 0.2) is 0 Å². The number of hydrogen-bond donors (Lipinski definition) is 2. The van der Waals surface area contributed by atoms with Crippen LogP contribution in [-0.4, -0.2) is 22.4 Å². The molecule has 4 rings (SSSR count). The van der Waals surface area contributed by atoms with Gasteiger partial charge >= 0.3 is 0 Å². The number of carbonyl (C=O) groups excluding carboxylic acids is 1. The summed E-state index contributed by atoms with van der Waals surface area (Å²) in [7, 11) is 0. The molecule has 0 saturated heterocycles. The van der Waals surface area contributed by atoms with E-state index in [2.05, 4.69) is 32.7 Å². The molecular weight excluding hydrogens is 372 g/mol. The van der Waals surface area contributed by atoms with E-state index >= 15 is 0 Å². The summed E-state index contributed by atoms with van der Waals surface area (Å²) in [4.78, 5) is 21.7. The summed E-state index contributed by atoms with van der Waals surface area (Å²) in [5.41, 5.74) is 4.09. The van der Waals surface area contributed by atoms with Crippen LogP contribution in [0.15, 0.2) is 78.9 Å². The highest BCUT2D eigenvalue weighted by molar-refractivity contribution is 5.97. The van der Waals surface area contributed by atoms with E-state index in [1.165, 1.54) is 11.1 Å². The van der Waals surface area contributed by atoms with Crippen LogP contribution in [0.2, 0.25) is 0 Å². The van der Waals surface area contributed by atoms with Gasteiger partial charge in [0.05, 0.1) is 5.52 Å². The van der Waals surface area contributed by atoms with Gasteiger partial charge in [-0.05, 0) is 49.6 Å².